The second-order valence-corrected chi connectivity index (χ2v) is 8.12. The van der Waals surface area contributed by atoms with Crippen molar-refractivity contribution in [3.63, 3.8) is 0 Å². The Labute approximate surface area is 169 Å². The van der Waals surface area contributed by atoms with E-state index < -0.39 is 5.97 Å². The number of hydrogen-bond donors (Lipinski definition) is 1. The number of nitriles is 1. The fourth-order valence-electron chi connectivity index (χ4n) is 5.10. The van der Waals surface area contributed by atoms with Crippen LogP contribution in [0.1, 0.15) is 37.2 Å². The lowest BCUT2D eigenvalue weighted by Crippen LogP contribution is -2.13. The molecule has 0 aromatic heterocycles. The van der Waals surface area contributed by atoms with Crippen LogP contribution in [0.15, 0.2) is 66.2 Å². The largest absolute Gasteiger partial charge is 0.477 e. The average Bonchev–Trinajstić information content (AvgIpc) is 2.76. The van der Waals surface area contributed by atoms with Gasteiger partial charge in [0, 0.05) is 0 Å². The topological polar surface area (TPSA) is 61.1 Å². The molecule has 0 saturated heterocycles. The molecule has 1 aliphatic rings. The second-order valence-electron chi connectivity index (χ2n) is 8.12. The van der Waals surface area contributed by atoms with Gasteiger partial charge in [0.1, 0.15) is 11.6 Å². The maximum atomic E-state index is 11.1. The average molecular weight is 379 g/mol. The summed E-state index contributed by atoms with van der Waals surface area (Å²) in [5, 5.41) is 26.0. The van der Waals surface area contributed by atoms with E-state index in [0.717, 1.165) is 25.7 Å². The molecule has 1 N–H and O–H groups in total. The van der Waals surface area contributed by atoms with Crippen LogP contribution in [0.2, 0.25) is 0 Å². The number of benzene rings is 4. The van der Waals surface area contributed by atoms with Crippen LogP contribution in [0.3, 0.4) is 0 Å². The second kappa shape index (κ2) is 6.90. The molecule has 0 spiro atoms. The molecule has 3 nitrogen and oxygen atoms in total. The van der Waals surface area contributed by atoms with E-state index in [-0.39, 0.29) is 11.5 Å². The van der Waals surface area contributed by atoms with Crippen molar-refractivity contribution in [1.82, 2.24) is 0 Å². The summed E-state index contributed by atoms with van der Waals surface area (Å²) < 4.78 is 0. The molecule has 1 fully saturated rings. The normalized spacial score (nSPS) is 20.3. The zero-order chi connectivity index (χ0) is 20.0. The third-order valence-corrected chi connectivity index (χ3v) is 6.53. The summed E-state index contributed by atoms with van der Waals surface area (Å²) >= 11 is 0. The first-order valence-electron chi connectivity index (χ1n) is 10.2. The molecule has 0 radical (unpaired) electrons. The molecule has 4 aromatic rings. The van der Waals surface area contributed by atoms with Gasteiger partial charge in [-0.2, -0.15) is 5.26 Å². The number of carboxylic acids is 1. The minimum atomic E-state index is -1.12. The summed E-state index contributed by atoms with van der Waals surface area (Å²) in [5.74, 6) is -0.474. The highest BCUT2D eigenvalue weighted by molar-refractivity contribution is 6.23. The molecule has 0 aliphatic heterocycles. The van der Waals surface area contributed by atoms with Gasteiger partial charge >= 0.3 is 5.97 Å². The van der Waals surface area contributed by atoms with Crippen LogP contribution in [0, 0.1) is 17.2 Å². The van der Waals surface area contributed by atoms with Crippen LogP contribution in [-0.2, 0) is 4.79 Å². The summed E-state index contributed by atoms with van der Waals surface area (Å²) in [6.07, 6.45) is 5.53. The first kappa shape index (κ1) is 17.7. The van der Waals surface area contributed by atoms with E-state index >= 15 is 0 Å². The lowest BCUT2D eigenvalue weighted by Gasteiger charge is -2.28. The number of hydrogen-bond acceptors (Lipinski definition) is 2. The lowest BCUT2D eigenvalue weighted by atomic mass is 9.76. The maximum Gasteiger partial charge on any atom is 0.346 e. The molecule has 0 heterocycles. The highest BCUT2D eigenvalue weighted by Crippen LogP contribution is 2.43. The van der Waals surface area contributed by atoms with E-state index in [4.69, 9.17) is 10.4 Å². The van der Waals surface area contributed by atoms with Gasteiger partial charge in [-0.25, -0.2) is 4.79 Å². The van der Waals surface area contributed by atoms with Gasteiger partial charge in [0.05, 0.1) is 0 Å². The van der Waals surface area contributed by atoms with Crippen molar-refractivity contribution in [2.45, 2.75) is 31.6 Å². The molecular weight excluding hydrogens is 358 g/mol. The Kier molecular flexibility index (Phi) is 4.21. The molecule has 0 amide bonds. The van der Waals surface area contributed by atoms with Crippen LogP contribution in [0.25, 0.3) is 32.3 Å². The lowest BCUT2D eigenvalue weighted by molar-refractivity contribution is -0.132. The fourth-order valence-corrected chi connectivity index (χ4v) is 5.10. The number of aliphatic carboxylic acids is 1. The van der Waals surface area contributed by atoms with Gasteiger partial charge in [0.15, 0.2) is 0 Å². The number of carbonyl (C=O) groups is 1. The monoisotopic (exact) mass is 379 g/mol. The fraction of sp³-hybridized carbons (Fsp3) is 0.231. The van der Waals surface area contributed by atoms with E-state index in [0.29, 0.717) is 5.92 Å². The van der Waals surface area contributed by atoms with Gasteiger partial charge in [-0.15, -0.1) is 0 Å². The van der Waals surface area contributed by atoms with E-state index in [1.54, 1.807) is 12.1 Å². The third kappa shape index (κ3) is 2.93. The first-order valence-corrected chi connectivity index (χ1v) is 10.2. The molecule has 142 valence electrons. The summed E-state index contributed by atoms with van der Waals surface area (Å²) in [5.41, 5.74) is 1.27. The third-order valence-electron chi connectivity index (χ3n) is 6.53. The van der Waals surface area contributed by atoms with Crippen LogP contribution in [0.5, 0.6) is 0 Å². The van der Waals surface area contributed by atoms with E-state index in [1.165, 1.54) is 37.9 Å². The van der Waals surface area contributed by atoms with Crippen molar-refractivity contribution in [3.05, 3.63) is 71.8 Å². The zero-order valence-corrected chi connectivity index (χ0v) is 16.1. The Balaban J connectivity index is 1.52. The molecule has 1 aliphatic carbocycles. The number of nitrogens with zero attached hydrogens (tertiary/aromatic N) is 1. The smallest absolute Gasteiger partial charge is 0.346 e. The predicted molar refractivity (Wildman–Crippen MR) is 116 cm³/mol. The highest BCUT2D eigenvalue weighted by atomic mass is 16.4. The van der Waals surface area contributed by atoms with Crippen molar-refractivity contribution in [1.29, 1.82) is 5.26 Å². The van der Waals surface area contributed by atoms with Crippen molar-refractivity contribution in [2.24, 2.45) is 5.92 Å². The van der Waals surface area contributed by atoms with Gasteiger partial charge in [-0.3, -0.25) is 0 Å². The molecule has 3 heteroatoms. The van der Waals surface area contributed by atoms with E-state index in [2.05, 4.69) is 54.6 Å². The molecule has 5 rings (SSSR count). The summed E-state index contributed by atoms with van der Waals surface area (Å²) in [7, 11) is 0. The molecule has 0 atom stereocenters. The van der Waals surface area contributed by atoms with E-state index in [1.807, 2.05) is 0 Å². The summed E-state index contributed by atoms with van der Waals surface area (Å²) in [6, 6.07) is 21.7. The van der Waals surface area contributed by atoms with Crippen molar-refractivity contribution < 1.29 is 9.90 Å². The first-order chi connectivity index (χ1) is 14.2. The standard InChI is InChI=1S/C26H21NO2/c27-15-21(26(28)29)14-16-4-6-17(7-5-16)22-12-10-20-9-8-18-2-1-3-19-11-13-23(22)25(20)24(18)19/h1-3,8-14,16-17H,4-7H2,(H,28,29)/b21-14+. The van der Waals surface area contributed by atoms with Crippen LogP contribution in [0.4, 0.5) is 0 Å². The number of allylic oxidation sites excluding steroid dienone is 1. The van der Waals surface area contributed by atoms with Gasteiger partial charge in [-0.05, 0) is 75.4 Å². The van der Waals surface area contributed by atoms with Crippen LogP contribution >= 0.6 is 0 Å². The quantitative estimate of drug-likeness (QED) is 0.255. The van der Waals surface area contributed by atoms with Crippen molar-refractivity contribution in [3.8, 4) is 6.07 Å². The van der Waals surface area contributed by atoms with Gasteiger partial charge in [0.25, 0.3) is 0 Å². The Morgan fingerprint density at radius 3 is 2.17 bits per heavy atom. The minimum absolute atomic E-state index is 0.129. The maximum absolute atomic E-state index is 11.1. The molecular formula is C26H21NO2. The summed E-state index contributed by atoms with van der Waals surface area (Å²) in [4.78, 5) is 11.1. The molecule has 0 bridgehead atoms. The Morgan fingerprint density at radius 1 is 0.897 bits per heavy atom. The summed E-state index contributed by atoms with van der Waals surface area (Å²) in [6.45, 7) is 0. The van der Waals surface area contributed by atoms with Gasteiger partial charge in [0.2, 0.25) is 0 Å². The van der Waals surface area contributed by atoms with Gasteiger partial charge in [-0.1, -0.05) is 60.7 Å². The van der Waals surface area contributed by atoms with Crippen molar-refractivity contribution in [2.75, 3.05) is 0 Å². The molecule has 1 saturated carbocycles. The number of rotatable bonds is 3. The van der Waals surface area contributed by atoms with Crippen LogP contribution < -0.4 is 0 Å². The molecule has 0 unspecified atom stereocenters. The Morgan fingerprint density at radius 2 is 1.52 bits per heavy atom. The van der Waals surface area contributed by atoms with Crippen molar-refractivity contribution >= 4 is 38.3 Å². The minimum Gasteiger partial charge on any atom is -0.477 e. The predicted octanol–water partition coefficient (Wildman–Crippen LogP) is 6.39. The van der Waals surface area contributed by atoms with E-state index in [9.17, 15) is 4.79 Å². The van der Waals surface area contributed by atoms with Gasteiger partial charge < -0.3 is 5.11 Å². The Hall–Kier alpha value is -3.38. The number of carboxylic acid groups (broad SMARTS) is 1. The zero-order valence-electron chi connectivity index (χ0n) is 16.1. The molecule has 29 heavy (non-hydrogen) atoms. The Bertz CT molecular complexity index is 1290. The highest BCUT2D eigenvalue weighted by Gasteiger charge is 2.24. The van der Waals surface area contributed by atoms with Crippen LogP contribution in [-0.4, -0.2) is 11.1 Å². The SMILES string of the molecule is N#C/C(=C\C1CCC(c2ccc3ccc4cccc5ccc2c3c45)CC1)C(=O)O. The molecule has 4 aromatic carbocycles.